The molecule has 0 aliphatic rings. The molecule has 0 saturated heterocycles. The van der Waals surface area contributed by atoms with Crippen LogP contribution < -0.4 is 0 Å². The van der Waals surface area contributed by atoms with Crippen LogP contribution in [0.3, 0.4) is 0 Å². The lowest BCUT2D eigenvalue weighted by molar-refractivity contribution is 2.44. The van der Waals surface area contributed by atoms with Crippen LogP contribution in [0, 0.1) is 0 Å². The first-order chi connectivity index (χ1) is 1.73. The van der Waals surface area contributed by atoms with Crippen LogP contribution in [0.25, 0.3) is 0 Å². The van der Waals surface area contributed by atoms with E-state index in [2.05, 4.69) is 27.1 Å². The van der Waals surface area contributed by atoms with Gasteiger partial charge in [0.2, 0.25) is 0 Å². The molecule has 0 saturated carbocycles. The average molecular weight is 82.2 g/mol. The quantitative estimate of drug-likeness (QED) is 0.355. The molecule has 4 heavy (non-hydrogen) atoms. The Labute approximate surface area is 32.8 Å². The Balaban J connectivity index is 2.80. The van der Waals surface area contributed by atoms with Crippen molar-refractivity contribution in [2.45, 2.75) is 0 Å². The van der Waals surface area contributed by atoms with Gasteiger partial charge in [-0.25, -0.2) is 0 Å². The molecule has 0 rings (SSSR count). The summed E-state index contributed by atoms with van der Waals surface area (Å²) in [5, 5.41) is 0. The summed E-state index contributed by atoms with van der Waals surface area (Å²) >= 11 is 0. The van der Waals surface area contributed by atoms with Gasteiger partial charge in [-0.2, -0.15) is 0 Å². The molecule has 0 unspecified atom stereocenters. The second-order valence-electron chi connectivity index (χ2n) is 0.479. The molecule has 2 heteroatoms. The van der Waals surface area contributed by atoms with Gasteiger partial charge in [-0.15, -0.1) is 11.4 Å². The van der Waals surface area contributed by atoms with Crippen molar-refractivity contribution in [1.82, 2.24) is 0 Å². The first-order valence-corrected chi connectivity index (χ1v) is 1.85. The highest BCUT2D eigenvalue weighted by Gasteiger charge is 1.54. The molecule has 0 bridgehead atoms. The van der Waals surface area contributed by atoms with Crippen LogP contribution in [0.15, 0.2) is 11.4 Å². The van der Waals surface area contributed by atoms with E-state index in [0.717, 1.165) is 4.82 Å². The molecule has 0 aromatic carbocycles. The highest BCUT2D eigenvalue weighted by Crippen LogP contribution is 1.55. The van der Waals surface area contributed by atoms with E-state index in [9.17, 15) is 0 Å². The van der Waals surface area contributed by atoms with Gasteiger partial charge < -0.3 is 0 Å². The van der Waals surface area contributed by atoms with Crippen molar-refractivity contribution in [3.63, 3.8) is 0 Å². The van der Waals surface area contributed by atoms with E-state index in [1.165, 1.54) is 0 Å². The maximum Gasteiger partial charge on any atom is 0.0571 e. The van der Waals surface area contributed by atoms with Crippen molar-refractivity contribution in [3.8, 4) is 0 Å². The first kappa shape index (κ1) is 4.17. The molecule has 18 valence electrons. The Morgan fingerprint density at radius 1 is 1.50 bits per heavy atom. The maximum absolute atomic E-state index is 3.38. The number of hydrogen-bond donors (Lipinski definition) is 0. The summed E-state index contributed by atoms with van der Waals surface area (Å²) in [4.78, 5) is 0.778. The summed E-state index contributed by atoms with van der Waals surface area (Å²) in [6.07, 6.45) is 0. The molecule has 0 aliphatic carbocycles. The van der Waals surface area contributed by atoms with E-state index in [-0.39, 0.29) is 0 Å². The smallest absolute Gasteiger partial charge is 0.0571 e. The van der Waals surface area contributed by atoms with Crippen molar-refractivity contribution in [2.24, 2.45) is 0 Å². The van der Waals surface area contributed by atoms with Crippen LogP contribution in [-0.2, 0) is 0 Å². The van der Waals surface area contributed by atoms with E-state index < -0.39 is 0 Å². The van der Waals surface area contributed by atoms with E-state index in [1.807, 2.05) is 0 Å². The van der Waals surface area contributed by atoms with Crippen molar-refractivity contribution < 1.29 is 0 Å². The zero-order valence-electron chi connectivity index (χ0n) is 2.21. The SMILES string of the molecule is C=C([Si])[Si]. The van der Waals surface area contributed by atoms with Gasteiger partial charge in [-0.1, -0.05) is 0 Å². The molecule has 0 amide bonds. The fourth-order valence-corrected chi connectivity index (χ4v) is 0. The Morgan fingerprint density at radius 3 is 1.50 bits per heavy atom. The molecule has 0 spiro atoms. The zero-order chi connectivity index (χ0) is 3.58. The molecule has 0 aliphatic heterocycles. The Morgan fingerprint density at radius 2 is 1.50 bits per heavy atom. The minimum atomic E-state index is 0.778. The van der Waals surface area contributed by atoms with Gasteiger partial charge in [0, 0.05) is 0 Å². The van der Waals surface area contributed by atoms with Gasteiger partial charge in [0.1, 0.15) is 0 Å². The number of hydrogen-bond acceptors (Lipinski definition) is 0. The third kappa shape index (κ3) is 99.2. The highest BCUT2D eigenvalue weighted by atomic mass is 28.2. The maximum atomic E-state index is 3.38. The lowest BCUT2D eigenvalue weighted by Gasteiger charge is -1.63. The minimum Gasteiger partial charge on any atom is -0.111 e. The molecular weight excluding hydrogens is 80.2 g/mol. The second-order valence-corrected chi connectivity index (χ2v) is 2.19. The summed E-state index contributed by atoms with van der Waals surface area (Å²) < 4.78 is 0. The summed E-state index contributed by atoms with van der Waals surface area (Å²) in [7, 11) is 6.06. The van der Waals surface area contributed by atoms with Gasteiger partial charge in [0.25, 0.3) is 0 Å². The summed E-state index contributed by atoms with van der Waals surface area (Å²) in [5.41, 5.74) is 0. The van der Waals surface area contributed by atoms with E-state index >= 15 is 0 Å². The fraction of sp³-hybridized carbons (Fsp3) is 0. The molecule has 0 N–H and O–H groups in total. The fourth-order valence-electron chi connectivity index (χ4n) is 0. The van der Waals surface area contributed by atoms with Crippen molar-refractivity contribution in [3.05, 3.63) is 11.4 Å². The van der Waals surface area contributed by atoms with Crippen LogP contribution in [0.5, 0.6) is 0 Å². The van der Waals surface area contributed by atoms with E-state index in [0.29, 0.717) is 0 Å². The third-order valence-corrected chi connectivity index (χ3v) is 0. The third-order valence-electron chi connectivity index (χ3n) is 0. The molecular formula is C2H2Si2. The van der Waals surface area contributed by atoms with E-state index in [1.54, 1.807) is 0 Å². The molecule has 0 aromatic heterocycles. The summed E-state index contributed by atoms with van der Waals surface area (Å²) in [5.74, 6) is 0. The van der Waals surface area contributed by atoms with Crippen LogP contribution in [0.4, 0.5) is 0 Å². The molecule has 0 aromatic rings. The van der Waals surface area contributed by atoms with Crippen LogP contribution in [-0.4, -0.2) is 20.5 Å². The predicted molar refractivity (Wildman–Crippen MR) is 20.6 cm³/mol. The zero-order valence-corrected chi connectivity index (χ0v) is 4.21. The summed E-state index contributed by atoms with van der Waals surface area (Å²) in [6.45, 7) is 3.38. The standard InChI is InChI=1S/C2H2Si2/c1-2(3)4/h1H2. The minimum absolute atomic E-state index is 0.778. The molecule has 6 radical (unpaired) electrons. The number of rotatable bonds is 0. The van der Waals surface area contributed by atoms with Crippen molar-refractivity contribution in [2.75, 3.05) is 0 Å². The van der Waals surface area contributed by atoms with Crippen LogP contribution in [0.1, 0.15) is 0 Å². The Hall–Kier alpha value is 0.174. The average Bonchev–Trinajstić information content (AvgIpc) is 0.811. The first-order valence-electron chi connectivity index (χ1n) is 0.854. The molecule has 0 heterocycles. The second kappa shape index (κ2) is 1.49. The van der Waals surface area contributed by atoms with Crippen LogP contribution >= 0.6 is 0 Å². The van der Waals surface area contributed by atoms with Gasteiger partial charge in [-0.3, -0.25) is 0 Å². The molecule has 0 nitrogen and oxygen atoms in total. The molecule has 0 atom stereocenters. The van der Waals surface area contributed by atoms with Crippen molar-refractivity contribution >= 4 is 20.5 Å². The van der Waals surface area contributed by atoms with Gasteiger partial charge in [-0.05, 0) is 0 Å². The lowest BCUT2D eigenvalue weighted by atomic mass is 11.2. The lowest BCUT2D eigenvalue weighted by Crippen LogP contribution is -1.67. The van der Waals surface area contributed by atoms with Gasteiger partial charge >= 0.3 is 0 Å². The Kier molecular flexibility index (Phi) is 1.55. The topological polar surface area (TPSA) is 0 Å². The monoisotopic (exact) mass is 82.0 g/mol. The highest BCUT2D eigenvalue weighted by molar-refractivity contribution is 6.47. The predicted octanol–water partition coefficient (Wildman–Crippen LogP) is -0.205. The van der Waals surface area contributed by atoms with Gasteiger partial charge in [0.05, 0.1) is 20.5 Å². The Bertz CT molecular complexity index is 27.0. The van der Waals surface area contributed by atoms with E-state index in [4.69, 9.17) is 0 Å². The normalized spacial score (nSPS) is 6.50. The van der Waals surface area contributed by atoms with Crippen molar-refractivity contribution in [1.29, 1.82) is 0 Å². The van der Waals surface area contributed by atoms with Gasteiger partial charge in [0.15, 0.2) is 0 Å². The largest absolute Gasteiger partial charge is 0.111 e. The van der Waals surface area contributed by atoms with Crippen LogP contribution in [0.2, 0.25) is 0 Å². The summed E-state index contributed by atoms with van der Waals surface area (Å²) in [6, 6.07) is 0. The molecule has 0 fully saturated rings.